The second-order valence-corrected chi connectivity index (χ2v) is 5.24. The highest BCUT2D eigenvalue weighted by atomic mass is 35.5. The van der Waals surface area contributed by atoms with Crippen LogP contribution in [0.25, 0.3) is 11.0 Å². The number of imidazole rings is 1. The second-order valence-electron chi connectivity index (χ2n) is 4.84. The predicted molar refractivity (Wildman–Crippen MR) is 78.2 cm³/mol. The van der Waals surface area contributed by atoms with Gasteiger partial charge in [-0.2, -0.15) is 0 Å². The van der Waals surface area contributed by atoms with Crippen LogP contribution in [0.3, 0.4) is 0 Å². The lowest BCUT2D eigenvalue weighted by Gasteiger charge is -1.98. The molecule has 18 heavy (non-hydrogen) atoms. The Kier molecular flexibility index (Phi) is 5.06. The largest absolute Gasteiger partial charge is 0.342 e. The van der Waals surface area contributed by atoms with Crippen molar-refractivity contribution in [1.82, 2.24) is 9.97 Å². The fourth-order valence-corrected chi connectivity index (χ4v) is 2.46. The molecule has 3 heteroatoms. The van der Waals surface area contributed by atoms with Crippen molar-refractivity contribution in [3.05, 3.63) is 29.0 Å². The van der Waals surface area contributed by atoms with Gasteiger partial charge in [0.2, 0.25) is 0 Å². The van der Waals surface area contributed by atoms with Crippen LogP contribution in [0.15, 0.2) is 18.2 Å². The van der Waals surface area contributed by atoms with E-state index in [4.69, 9.17) is 11.6 Å². The van der Waals surface area contributed by atoms with Crippen LogP contribution in [0.5, 0.6) is 0 Å². The number of H-pyrrole nitrogens is 1. The molecule has 0 aliphatic heterocycles. The van der Waals surface area contributed by atoms with Crippen LogP contribution in [-0.4, -0.2) is 9.97 Å². The van der Waals surface area contributed by atoms with Gasteiger partial charge in [-0.3, -0.25) is 0 Å². The van der Waals surface area contributed by atoms with Gasteiger partial charge >= 0.3 is 0 Å². The lowest BCUT2D eigenvalue weighted by molar-refractivity contribution is 0.602. The van der Waals surface area contributed by atoms with E-state index in [-0.39, 0.29) is 0 Å². The molecule has 0 atom stereocenters. The maximum Gasteiger partial charge on any atom is 0.107 e. The third-order valence-electron chi connectivity index (χ3n) is 3.28. The molecule has 1 aromatic heterocycles. The summed E-state index contributed by atoms with van der Waals surface area (Å²) in [5.74, 6) is 1.06. The maximum atomic E-state index is 6.11. The van der Waals surface area contributed by atoms with E-state index in [1.165, 1.54) is 38.5 Å². The number of aromatic nitrogens is 2. The Balaban J connectivity index is 1.83. The molecule has 0 saturated carbocycles. The lowest BCUT2D eigenvalue weighted by atomic mass is 10.1. The number of nitrogens with zero attached hydrogens (tertiary/aromatic N) is 1. The first-order chi connectivity index (χ1) is 8.81. The Labute approximate surface area is 114 Å². The van der Waals surface area contributed by atoms with Crippen LogP contribution in [-0.2, 0) is 6.42 Å². The topological polar surface area (TPSA) is 28.7 Å². The molecule has 1 N–H and O–H groups in total. The van der Waals surface area contributed by atoms with Crippen LogP contribution in [0, 0.1) is 0 Å². The molecule has 2 nitrogen and oxygen atoms in total. The molecule has 0 amide bonds. The van der Waals surface area contributed by atoms with Crippen molar-refractivity contribution in [3.63, 3.8) is 0 Å². The molecule has 0 unspecified atom stereocenters. The van der Waals surface area contributed by atoms with E-state index in [2.05, 4.69) is 16.9 Å². The molecule has 0 saturated heterocycles. The minimum Gasteiger partial charge on any atom is -0.342 e. The summed E-state index contributed by atoms with van der Waals surface area (Å²) in [6.07, 6.45) is 8.91. The van der Waals surface area contributed by atoms with Crippen molar-refractivity contribution in [1.29, 1.82) is 0 Å². The van der Waals surface area contributed by atoms with Gasteiger partial charge in [-0.1, -0.05) is 56.7 Å². The first-order valence-electron chi connectivity index (χ1n) is 6.94. The van der Waals surface area contributed by atoms with Crippen LogP contribution in [0.1, 0.15) is 51.3 Å². The Morgan fingerprint density at radius 1 is 1.11 bits per heavy atom. The van der Waals surface area contributed by atoms with Crippen LogP contribution in [0.2, 0.25) is 5.02 Å². The number of unbranched alkanes of at least 4 members (excludes halogenated alkanes) is 5. The van der Waals surface area contributed by atoms with E-state index < -0.39 is 0 Å². The highest BCUT2D eigenvalue weighted by Crippen LogP contribution is 2.21. The van der Waals surface area contributed by atoms with E-state index in [9.17, 15) is 0 Å². The number of hydrogen-bond donors (Lipinski definition) is 1. The summed E-state index contributed by atoms with van der Waals surface area (Å²) in [6.45, 7) is 2.25. The van der Waals surface area contributed by atoms with E-state index in [1.54, 1.807) is 0 Å². The number of para-hydroxylation sites is 1. The molecule has 0 spiro atoms. The lowest BCUT2D eigenvalue weighted by Crippen LogP contribution is -1.88. The van der Waals surface area contributed by atoms with Gasteiger partial charge in [0.1, 0.15) is 11.3 Å². The number of benzene rings is 1. The predicted octanol–water partition coefficient (Wildman–Crippen LogP) is 5.12. The summed E-state index contributed by atoms with van der Waals surface area (Å²) >= 11 is 6.11. The Morgan fingerprint density at radius 3 is 2.67 bits per heavy atom. The Hall–Kier alpha value is -1.02. The normalized spacial score (nSPS) is 11.2. The van der Waals surface area contributed by atoms with Gasteiger partial charge in [0.25, 0.3) is 0 Å². The van der Waals surface area contributed by atoms with E-state index >= 15 is 0 Å². The number of fused-ring (bicyclic) bond motifs is 1. The fraction of sp³-hybridized carbons (Fsp3) is 0.533. The second kappa shape index (κ2) is 6.79. The van der Waals surface area contributed by atoms with Gasteiger partial charge in [0.05, 0.1) is 10.5 Å². The molecule has 0 fully saturated rings. The number of nitrogens with one attached hydrogen (secondary N) is 1. The zero-order valence-corrected chi connectivity index (χ0v) is 11.8. The fourth-order valence-electron chi connectivity index (χ4n) is 2.24. The molecule has 1 aromatic carbocycles. The first kappa shape index (κ1) is 13.4. The molecule has 0 radical (unpaired) electrons. The van der Waals surface area contributed by atoms with Crippen molar-refractivity contribution in [2.24, 2.45) is 0 Å². The molecular formula is C15H21ClN2. The number of hydrogen-bond acceptors (Lipinski definition) is 1. The Morgan fingerprint density at radius 2 is 1.89 bits per heavy atom. The summed E-state index contributed by atoms with van der Waals surface area (Å²) in [5, 5.41) is 0.734. The number of rotatable bonds is 7. The molecule has 1 heterocycles. The highest BCUT2D eigenvalue weighted by Gasteiger charge is 2.05. The molecule has 98 valence electrons. The number of halogens is 1. The van der Waals surface area contributed by atoms with Gasteiger partial charge in [-0.25, -0.2) is 4.98 Å². The molecule has 0 aliphatic carbocycles. The smallest absolute Gasteiger partial charge is 0.107 e. The first-order valence-corrected chi connectivity index (χ1v) is 7.32. The molecule has 0 bridgehead atoms. The van der Waals surface area contributed by atoms with Gasteiger partial charge in [-0.15, -0.1) is 0 Å². The third kappa shape index (κ3) is 3.49. The zero-order valence-electron chi connectivity index (χ0n) is 11.0. The molecule has 2 aromatic rings. The van der Waals surface area contributed by atoms with E-state index in [0.717, 1.165) is 28.3 Å². The highest BCUT2D eigenvalue weighted by molar-refractivity contribution is 6.34. The van der Waals surface area contributed by atoms with Crippen molar-refractivity contribution in [3.8, 4) is 0 Å². The molecular weight excluding hydrogens is 244 g/mol. The number of aryl methyl sites for hydroxylation is 1. The number of aromatic amines is 1. The minimum atomic E-state index is 0.734. The summed E-state index contributed by atoms with van der Waals surface area (Å²) < 4.78 is 0. The van der Waals surface area contributed by atoms with E-state index in [1.807, 2.05) is 18.2 Å². The van der Waals surface area contributed by atoms with Crippen molar-refractivity contribution in [2.45, 2.75) is 51.9 Å². The average molecular weight is 265 g/mol. The van der Waals surface area contributed by atoms with Gasteiger partial charge in [0.15, 0.2) is 0 Å². The van der Waals surface area contributed by atoms with Crippen LogP contribution < -0.4 is 0 Å². The van der Waals surface area contributed by atoms with Crippen LogP contribution in [0.4, 0.5) is 0 Å². The van der Waals surface area contributed by atoms with Gasteiger partial charge < -0.3 is 4.98 Å². The van der Waals surface area contributed by atoms with Crippen molar-refractivity contribution < 1.29 is 0 Å². The zero-order chi connectivity index (χ0) is 12.8. The van der Waals surface area contributed by atoms with E-state index in [0.29, 0.717) is 0 Å². The SMILES string of the molecule is CCCCCCCCc1nc2c(Cl)cccc2[nH]1. The summed E-state index contributed by atoms with van der Waals surface area (Å²) in [4.78, 5) is 7.90. The summed E-state index contributed by atoms with van der Waals surface area (Å²) in [5.41, 5.74) is 1.95. The van der Waals surface area contributed by atoms with Gasteiger partial charge in [-0.05, 0) is 18.6 Å². The summed E-state index contributed by atoms with van der Waals surface area (Å²) in [6, 6.07) is 5.87. The van der Waals surface area contributed by atoms with Crippen molar-refractivity contribution >= 4 is 22.6 Å². The summed E-state index contributed by atoms with van der Waals surface area (Å²) in [7, 11) is 0. The third-order valence-corrected chi connectivity index (χ3v) is 3.58. The average Bonchev–Trinajstić information content (AvgIpc) is 2.78. The standard InChI is InChI=1S/C15H21ClN2/c1-2-3-4-5-6-7-11-14-17-13-10-8-9-12(16)15(13)18-14/h8-10H,2-7,11H2,1H3,(H,17,18). The van der Waals surface area contributed by atoms with Crippen molar-refractivity contribution in [2.75, 3.05) is 0 Å². The maximum absolute atomic E-state index is 6.11. The molecule has 2 rings (SSSR count). The van der Waals surface area contributed by atoms with Crippen LogP contribution >= 0.6 is 11.6 Å². The Bertz CT molecular complexity index is 490. The quantitative estimate of drug-likeness (QED) is 0.691. The minimum absolute atomic E-state index is 0.734. The monoisotopic (exact) mass is 264 g/mol. The van der Waals surface area contributed by atoms with Gasteiger partial charge in [0, 0.05) is 6.42 Å². The molecule has 0 aliphatic rings.